The molecule has 1 saturated carbocycles. The molecule has 3 heterocycles. The van der Waals surface area contributed by atoms with Crippen LogP contribution in [-0.4, -0.2) is 71.2 Å². The van der Waals surface area contributed by atoms with Gasteiger partial charge in [-0.3, -0.25) is 9.36 Å². The van der Waals surface area contributed by atoms with E-state index in [1.54, 1.807) is 6.92 Å². The summed E-state index contributed by atoms with van der Waals surface area (Å²) in [6.07, 6.45) is -1.19. The topological polar surface area (TPSA) is 169 Å². The Bertz CT molecular complexity index is 1340. The zero-order chi connectivity index (χ0) is 26.2. The van der Waals surface area contributed by atoms with Crippen LogP contribution in [-0.2, 0) is 9.53 Å². The largest absolute Gasteiger partial charge is 0.387 e. The molecule has 0 radical (unpaired) electrons. The van der Waals surface area contributed by atoms with Gasteiger partial charge in [-0.1, -0.05) is 36.3 Å². The Morgan fingerprint density at radius 1 is 1.22 bits per heavy atom. The van der Waals surface area contributed by atoms with E-state index in [0.29, 0.717) is 25.3 Å². The average Bonchev–Trinajstić information content (AvgIpc) is 3.45. The van der Waals surface area contributed by atoms with Gasteiger partial charge < -0.3 is 31.1 Å². The predicted molar refractivity (Wildman–Crippen MR) is 134 cm³/mol. The first kappa shape index (κ1) is 25.1. The van der Waals surface area contributed by atoms with Crippen molar-refractivity contribution in [2.45, 2.75) is 68.7 Å². The number of aliphatic hydroxyl groups is 3. The third-order valence-electron chi connectivity index (χ3n) is 7.06. The SMILES string of the molecule is CCNC(=O)[C@H]1O[C@@H](n2cnc3c(N)nc(C#CC4(O)CCC(c5ccccc5)CC4)nc32)[C@@H](O)C1O. The van der Waals surface area contributed by atoms with Gasteiger partial charge in [-0.05, 0) is 50.0 Å². The van der Waals surface area contributed by atoms with Gasteiger partial charge in [-0.25, -0.2) is 15.0 Å². The van der Waals surface area contributed by atoms with Crippen LogP contribution in [0.4, 0.5) is 5.82 Å². The lowest BCUT2D eigenvalue weighted by Gasteiger charge is -2.32. The minimum absolute atomic E-state index is 0.0705. The molecule has 1 aromatic carbocycles. The number of ether oxygens (including phenoxy) is 1. The molecule has 2 fully saturated rings. The van der Waals surface area contributed by atoms with Crippen molar-refractivity contribution >= 4 is 22.9 Å². The average molecular weight is 507 g/mol. The Hall–Kier alpha value is -3.56. The summed E-state index contributed by atoms with van der Waals surface area (Å²) in [5.74, 6) is 5.80. The van der Waals surface area contributed by atoms with Gasteiger partial charge in [0, 0.05) is 6.54 Å². The molecule has 5 rings (SSSR count). The number of rotatable bonds is 4. The third-order valence-corrected chi connectivity index (χ3v) is 7.06. The highest BCUT2D eigenvalue weighted by molar-refractivity contribution is 5.83. The molecule has 2 aliphatic rings. The van der Waals surface area contributed by atoms with Crippen LogP contribution in [0, 0.1) is 11.8 Å². The summed E-state index contributed by atoms with van der Waals surface area (Å²) in [6, 6.07) is 10.3. The summed E-state index contributed by atoms with van der Waals surface area (Å²) in [6.45, 7) is 2.09. The Balaban J connectivity index is 1.37. The Morgan fingerprint density at radius 2 is 1.95 bits per heavy atom. The van der Waals surface area contributed by atoms with Gasteiger partial charge in [0.05, 0.1) is 6.33 Å². The van der Waals surface area contributed by atoms with Gasteiger partial charge in [0.1, 0.15) is 23.3 Å². The molecule has 0 spiro atoms. The number of benzene rings is 1. The number of nitrogens with two attached hydrogens (primary N) is 1. The Morgan fingerprint density at radius 3 is 2.65 bits per heavy atom. The van der Waals surface area contributed by atoms with E-state index in [1.165, 1.54) is 16.5 Å². The molecule has 1 aliphatic heterocycles. The van der Waals surface area contributed by atoms with Crippen molar-refractivity contribution < 1.29 is 24.9 Å². The molecule has 11 nitrogen and oxygen atoms in total. The quantitative estimate of drug-likeness (QED) is 0.318. The Labute approximate surface area is 213 Å². The van der Waals surface area contributed by atoms with Crippen molar-refractivity contribution in [3.8, 4) is 11.8 Å². The molecule has 2 aromatic heterocycles. The van der Waals surface area contributed by atoms with Gasteiger partial charge in [-0.2, -0.15) is 0 Å². The van der Waals surface area contributed by atoms with Crippen LogP contribution < -0.4 is 11.1 Å². The first-order chi connectivity index (χ1) is 17.8. The van der Waals surface area contributed by atoms with E-state index in [4.69, 9.17) is 10.5 Å². The molecule has 1 aliphatic carbocycles. The van der Waals surface area contributed by atoms with Gasteiger partial charge in [-0.15, -0.1) is 0 Å². The first-order valence-corrected chi connectivity index (χ1v) is 12.4. The number of aromatic nitrogens is 4. The second kappa shape index (κ2) is 10.1. The molecule has 4 atom stereocenters. The lowest BCUT2D eigenvalue weighted by Crippen LogP contribution is -2.42. The second-order valence-electron chi connectivity index (χ2n) is 9.55. The van der Waals surface area contributed by atoms with Crippen molar-refractivity contribution in [1.82, 2.24) is 24.8 Å². The molecule has 1 amide bonds. The van der Waals surface area contributed by atoms with E-state index >= 15 is 0 Å². The first-order valence-electron chi connectivity index (χ1n) is 12.4. The van der Waals surface area contributed by atoms with Crippen LogP contribution in [0.3, 0.4) is 0 Å². The minimum Gasteiger partial charge on any atom is -0.387 e. The summed E-state index contributed by atoms with van der Waals surface area (Å²) in [7, 11) is 0. The van der Waals surface area contributed by atoms with E-state index in [-0.39, 0.29) is 22.8 Å². The number of hydrogen-bond acceptors (Lipinski definition) is 9. The summed E-state index contributed by atoms with van der Waals surface area (Å²) in [4.78, 5) is 25.1. The molecule has 11 heteroatoms. The third kappa shape index (κ3) is 4.89. The van der Waals surface area contributed by atoms with Crippen LogP contribution >= 0.6 is 0 Å². The molecular formula is C26H30N6O5. The fourth-order valence-electron chi connectivity index (χ4n) is 5.01. The molecule has 37 heavy (non-hydrogen) atoms. The number of anilines is 1. The molecule has 1 saturated heterocycles. The monoisotopic (exact) mass is 506 g/mol. The standard InChI is InChI=1S/C26H30N6O5/c1-2-28-24(35)21-19(33)20(34)25(37-21)32-14-29-18-22(27)30-17(31-23(18)32)10-13-26(36)11-8-16(9-12-26)15-6-4-3-5-7-15/h3-7,14,16,19-21,25,33-34,36H,2,8-9,11-12H2,1H3,(H,28,35)(H2,27,30,31)/t16?,19?,20-,21-,25+,26?/m0/s1. The predicted octanol–water partition coefficient (Wildman–Crippen LogP) is 0.604. The number of amides is 1. The number of fused-ring (bicyclic) bond motifs is 1. The number of carbonyl (C=O) groups excluding carboxylic acids is 1. The summed E-state index contributed by atoms with van der Waals surface area (Å²) < 4.78 is 7.08. The van der Waals surface area contributed by atoms with Crippen molar-refractivity contribution in [1.29, 1.82) is 0 Å². The Kier molecular flexibility index (Phi) is 6.83. The van der Waals surface area contributed by atoms with Crippen LogP contribution in [0.25, 0.3) is 11.2 Å². The number of nitrogens with zero attached hydrogens (tertiary/aromatic N) is 4. The smallest absolute Gasteiger partial charge is 0.252 e. The summed E-state index contributed by atoms with van der Waals surface area (Å²) in [5, 5.41) is 34.6. The highest BCUT2D eigenvalue weighted by Gasteiger charge is 2.47. The highest BCUT2D eigenvalue weighted by atomic mass is 16.6. The lowest BCUT2D eigenvalue weighted by molar-refractivity contribution is -0.137. The van der Waals surface area contributed by atoms with E-state index in [1.807, 2.05) is 18.2 Å². The number of nitrogen functional groups attached to an aromatic ring is 1. The number of nitrogens with one attached hydrogen (secondary N) is 1. The second-order valence-corrected chi connectivity index (χ2v) is 9.55. The number of imidazole rings is 1. The minimum atomic E-state index is -1.44. The molecular weight excluding hydrogens is 476 g/mol. The molecule has 6 N–H and O–H groups in total. The van der Waals surface area contributed by atoms with Crippen molar-refractivity contribution in [2.75, 3.05) is 12.3 Å². The van der Waals surface area contributed by atoms with Gasteiger partial charge >= 0.3 is 0 Å². The van der Waals surface area contributed by atoms with Gasteiger partial charge in [0.25, 0.3) is 5.91 Å². The van der Waals surface area contributed by atoms with Crippen LogP contribution in [0.2, 0.25) is 0 Å². The molecule has 3 aromatic rings. The zero-order valence-corrected chi connectivity index (χ0v) is 20.4. The maximum atomic E-state index is 12.2. The lowest BCUT2D eigenvalue weighted by atomic mass is 9.76. The van der Waals surface area contributed by atoms with E-state index in [0.717, 1.165) is 12.8 Å². The molecule has 194 valence electrons. The fourth-order valence-corrected chi connectivity index (χ4v) is 5.01. The van der Waals surface area contributed by atoms with Crippen molar-refractivity contribution in [2.24, 2.45) is 0 Å². The van der Waals surface area contributed by atoms with E-state index < -0.39 is 36.0 Å². The summed E-state index contributed by atoms with van der Waals surface area (Å²) in [5.41, 5.74) is 6.69. The van der Waals surface area contributed by atoms with E-state index in [2.05, 4.69) is 44.2 Å². The number of aliphatic hydroxyl groups excluding tert-OH is 2. The van der Waals surface area contributed by atoms with Crippen LogP contribution in [0.1, 0.15) is 56.1 Å². The molecule has 0 bridgehead atoms. The van der Waals surface area contributed by atoms with Gasteiger partial charge in [0.2, 0.25) is 5.82 Å². The van der Waals surface area contributed by atoms with E-state index in [9.17, 15) is 20.1 Å². The number of hydrogen-bond donors (Lipinski definition) is 5. The summed E-state index contributed by atoms with van der Waals surface area (Å²) >= 11 is 0. The number of likely N-dealkylation sites (N-methyl/N-ethyl adjacent to an activating group) is 1. The normalized spacial score (nSPS) is 29.6. The van der Waals surface area contributed by atoms with Crippen molar-refractivity contribution in [3.05, 3.63) is 48.0 Å². The number of carbonyl (C=O) groups is 1. The molecule has 1 unspecified atom stereocenters. The van der Waals surface area contributed by atoms with Crippen LogP contribution in [0.5, 0.6) is 0 Å². The van der Waals surface area contributed by atoms with Crippen molar-refractivity contribution in [3.63, 3.8) is 0 Å². The maximum absolute atomic E-state index is 12.2. The zero-order valence-electron chi connectivity index (χ0n) is 20.4. The highest BCUT2D eigenvalue weighted by Crippen LogP contribution is 2.38. The van der Waals surface area contributed by atoms with Gasteiger partial charge in [0.15, 0.2) is 23.8 Å². The van der Waals surface area contributed by atoms with Crippen LogP contribution in [0.15, 0.2) is 36.7 Å². The fraction of sp³-hybridized carbons (Fsp3) is 0.462. The maximum Gasteiger partial charge on any atom is 0.252 e.